The number of ether oxygens (including phenoxy) is 1. The van der Waals surface area contributed by atoms with E-state index in [2.05, 4.69) is 23.7 Å². The maximum absolute atomic E-state index is 13.3. The van der Waals surface area contributed by atoms with E-state index in [9.17, 15) is 14.1 Å². The highest BCUT2D eigenvalue weighted by atomic mass is 32.2. The van der Waals surface area contributed by atoms with Gasteiger partial charge >= 0.3 is 6.09 Å². The van der Waals surface area contributed by atoms with Crippen LogP contribution in [0, 0.1) is 19.8 Å². The van der Waals surface area contributed by atoms with E-state index in [-0.39, 0.29) is 19.1 Å². The van der Waals surface area contributed by atoms with E-state index < -0.39 is 17.5 Å². The quantitative estimate of drug-likeness (QED) is 0.381. The summed E-state index contributed by atoms with van der Waals surface area (Å²) in [5.74, 6) is 0.174. The van der Waals surface area contributed by atoms with Crippen molar-refractivity contribution in [3.8, 4) is 0 Å². The molecule has 3 aliphatic rings. The molecule has 1 saturated carbocycles. The first-order valence-electron chi connectivity index (χ1n) is 13.7. The molecule has 0 radical (unpaired) electrons. The van der Waals surface area contributed by atoms with E-state index >= 15 is 0 Å². The summed E-state index contributed by atoms with van der Waals surface area (Å²) in [6.07, 6.45) is 12.2. The maximum Gasteiger partial charge on any atom is 0.416 e. The van der Waals surface area contributed by atoms with Gasteiger partial charge in [-0.05, 0) is 80.5 Å². The molecule has 1 saturated heterocycles. The molecule has 1 aliphatic carbocycles. The van der Waals surface area contributed by atoms with Crippen LogP contribution in [0.15, 0.2) is 47.3 Å². The van der Waals surface area contributed by atoms with Gasteiger partial charge in [-0.2, -0.15) is 0 Å². The molecule has 204 valence electrons. The molecule has 0 aromatic heterocycles. The van der Waals surface area contributed by atoms with Crippen molar-refractivity contribution in [1.82, 2.24) is 14.5 Å². The predicted octanol–water partition coefficient (Wildman–Crippen LogP) is 5.74. The molecule has 0 bridgehead atoms. The first kappa shape index (κ1) is 28.2. The Balaban J connectivity index is 1.40. The van der Waals surface area contributed by atoms with Crippen molar-refractivity contribution in [2.45, 2.75) is 65.2 Å². The van der Waals surface area contributed by atoms with Crippen LogP contribution in [0.3, 0.4) is 0 Å². The Morgan fingerprint density at radius 2 is 1.89 bits per heavy atom. The lowest BCUT2D eigenvalue weighted by molar-refractivity contribution is 0.0809. The second kappa shape index (κ2) is 13.3. The number of cyclic esters (lactones) is 1. The van der Waals surface area contributed by atoms with Crippen LogP contribution in [-0.2, 0) is 16.1 Å². The van der Waals surface area contributed by atoms with Gasteiger partial charge in [-0.25, -0.2) is 9.69 Å². The number of amides is 2. The molecule has 0 spiro atoms. The van der Waals surface area contributed by atoms with E-state index in [4.69, 9.17) is 4.74 Å². The number of carbonyl (C=O) groups is 2. The number of carbonyl (C=O) groups excluding carboxylic acids is 2. The van der Waals surface area contributed by atoms with Gasteiger partial charge in [0, 0.05) is 30.1 Å². The van der Waals surface area contributed by atoms with Gasteiger partial charge in [-0.15, -0.1) is 10.0 Å². The Hall–Kier alpha value is -2.77. The normalized spacial score (nSPS) is 21.1. The van der Waals surface area contributed by atoms with E-state index in [1.165, 1.54) is 37.8 Å². The minimum atomic E-state index is -1.30. The third-order valence-corrected chi connectivity index (χ3v) is 8.70. The highest BCUT2D eigenvalue weighted by Crippen LogP contribution is 2.29. The predicted molar refractivity (Wildman–Crippen MR) is 151 cm³/mol. The van der Waals surface area contributed by atoms with Crippen molar-refractivity contribution in [3.63, 3.8) is 0 Å². The molecule has 38 heavy (non-hydrogen) atoms. The molecule has 2 amide bonds. The van der Waals surface area contributed by atoms with Gasteiger partial charge in [0.05, 0.1) is 30.1 Å². The number of hydrogen-bond acceptors (Lipinski definition) is 6. The van der Waals surface area contributed by atoms with E-state index in [0.29, 0.717) is 24.4 Å². The van der Waals surface area contributed by atoms with Gasteiger partial charge in [-0.1, -0.05) is 25.8 Å². The Bertz CT molecular complexity index is 1130. The smallest absolute Gasteiger partial charge is 0.416 e. The van der Waals surface area contributed by atoms with Crippen molar-refractivity contribution in [2.75, 3.05) is 26.2 Å². The van der Waals surface area contributed by atoms with Gasteiger partial charge in [0.2, 0.25) is 0 Å². The Morgan fingerprint density at radius 3 is 2.58 bits per heavy atom. The maximum atomic E-state index is 13.3. The van der Waals surface area contributed by atoms with Gasteiger partial charge in [0.15, 0.2) is 0 Å². The number of benzene rings is 1. The third kappa shape index (κ3) is 7.20. The zero-order chi connectivity index (χ0) is 27.1. The highest BCUT2D eigenvalue weighted by molar-refractivity contribution is 7.92. The average molecular weight is 538 g/mol. The van der Waals surface area contributed by atoms with Crippen LogP contribution < -0.4 is 5.32 Å². The lowest BCUT2D eigenvalue weighted by Gasteiger charge is -2.25. The SMILES string of the molecule is C=C1CCN([S+]([O-])/C=C/c2c(C)cc(C(=O)N3CCOC3=O)cc2C)CCCC=C=C(C2CCCCC2)N1. The van der Waals surface area contributed by atoms with Crippen LogP contribution in [0.5, 0.6) is 0 Å². The molecule has 2 aliphatic heterocycles. The van der Waals surface area contributed by atoms with Crippen LogP contribution in [0.4, 0.5) is 4.79 Å². The summed E-state index contributed by atoms with van der Waals surface area (Å²) in [6.45, 7) is 9.94. The van der Waals surface area contributed by atoms with Crippen molar-refractivity contribution < 1.29 is 18.9 Å². The van der Waals surface area contributed by atoms with Gasteiger partial charge in [0.1, 0.15) is 12.0 Å². The molecule has 1 atom stereocenters. The molecule has 7 nitrogen and oxygen atoms in total. The van der Waals surface area contributed by atoms with Gasteiger partial charge < -0.3 is 14.6 Å². The minimum Gasteiger partial charge on any atom is -0.593 e. The van der Waals surface area contributed by atoms with Crippen LogP contribution in [0.2, 0.25) is 0 Å². The molecule has 1 unspecified atom stereocenters. The summed E-state index contributed by atoms with van der Waals surface area (Å²) >= 11 is -1.30. The first-order chi connectivity index (χ1) is 18.3. The lowest BCUT2D eigenvalue weighted by atomic mass is 9.87. The van der Waals surface area contributed by atoms with E-state index in [0.717, 1.165) is 46.7 Å². The monoisotopic (exact) mass is 537 g/mol. The van der Waals surface area contributed by atoms with E-state index in [1.54, 1.807) is 17.5 Å². The van der Waals surface area contributed by atoms with Gasteiger partial charge in [-0.3, -0.25) is 4.79 Å². The summed E-state index contributed by atoms with van der Waals surface area (Å²) in [4.78, 5) is 25.7. The fourth-order valence-corrected chi connectivity index (χ4v) is 6.32. The number of aryl methyl sites for hydroxylation is 2. The zero-order valence-corrected chi connectivity index (χ0v) is 23.4. The molecule has 1 aromatic rings. The van der Waals surface area contributed by atoms with Crippen LogP contribution in [0.25, 0.3) is 6.08 Å². The molecule has 2 fully saturated rings. The Morgan fingerprint density at radius 1 is 1.16 bits per heavy atom. The molecule has 1 N–H and O–H groups in total. The number of hydrogen-bond donors (Lipinski definition) is 1. The molecule has 8 heteroatoms. The second-order valence-electron chi connectivity index (χ2n) is 10.3. The van der Waals surface area contributed by atoms with Crippen molar-refractivity contribution in [3.05, 3.63) is 69.6 Å². The number of rotatable bonds is 5. The van der Waals surface area contributed by atoms with Crippen LogP contribution in [0.1, 0.15) is 78.4 Å². The highest BCUT2D eigenvalue weighted by Gasteiger charge is 2.29. The van der Waals surface area contributed by atoms with Crippen molar-refractivity contribution in [2.24, 2.45) is 5.92 Å². The lowest BCUT2D eigenvalue weighted by Crippen LogP contribution is -2.32. The summed E-state index contributed by atoms with van der Waals surface area (Å²) in [7, 11) is 0. The molecule has 2 heterocycles. The minimum absolute atomic E-state index is 0.226. The Labute approximate surface area is 229 Å². The standard InChI is InChI=1S/C30H39N3O4S/c1-22-20-26(29(34)33-17-18-37-30(33)35)21-23(2)27(22)14-19-38(36)32-15-9-5-8-12-28(31-24(3)13-16-32)25-10-6-4-7-11-25/h8,14,19-21,25,31H,3-7,9-11,13,15-18H2,1-2H3/b19-14+. The summed E-state index contributed by atoms with van der Waals surface area (Å²) in [6, 6.07) is 3.55. The van der Waals surface area contributed by atoms with E-state index in [1.807, 2.05) is 24.2 Å². The number of allylic oxidation sites excluding steroid dienone is 1. The summed E-state index contributed by atoms with van der Waals surface area (Å²) in [5.41, 5.74) is 8.76. The fourth-order valence-electron chi connectivity index (χ4n) is 5.31. The van der Waals surface area contributed by atoms with Gasteiger partial charge in [0.25, 0.3) is 5.91 Å². The fraction of sp³-hybridized carbons (Fsp3) is 0.500. The van der Waals surface area contributed by atoms with Crippen molar-refractivity contribution >= 4 is 29.4 Å². The average Bonchev–Trinajstić information content (AvgIpc) is 3.32. The molecular weight excluding hydrogens is 498 g/mol. The molecule has 1 aromatic carbocycles. The molecular formula is C30H39N3O4S. The number of nitrogens with one attached hydrogen (secondary N) is 1. The zero-order valence-electron chi connectivity index (χ0n) is 22.6. The van der Waals surface area contributed by atoms with Crippen molar-refractivity contribution in [1.29, 1.82) is 0 Å². The first-order valence-corrected chi connectivity index (χ1v) is 14.8. The number of imide groups is 1. The largest absolute Gasteiger partial charge is 0.593 e. The Kier molecular flexibility index (Phi) is 9.91. The number of nitrogens with zero attached hydrogens (tertiary/aromatic N) is 2. The van der Waals surface area contributed by atoms with Crippen LogP contribution in [-0.4, -0.2) is 52.0 Å². The van der Waals surface area contributed by atoms with Crippen LogP contribution >= 0.6 is 0 Å². The topological polar surface area (TPSA) is 84.9 Å². The summed E-state index contributed by atoms with van der Waals surface area (Å²) < 4.78 is 20.2. The third-order valence-electron chi connectivity index (χ3n) is 7.45. The second-order valence-corrected chi connectivity index (χ2v) is 11.7. The summed E-state index contributed by atoms with van der Waals surface area (Å²) in [5, 5.41) is 5.26. The molecule has 4 rings (SSSR count).